The first-order chi connectivity index (χ1) is 16.4. The van der Waals surface area contributed by atoms with E-state index in [0.717, 1.165) is 44.4 Å². The van der Waals surface area contributed by atoms with Gasteiger partial charge in [-0.3, -0.25) is 4.90 Å². The Morgan fingerprint density at radius 2 is 1.50 bits per heavy atom. The van der Waals surface area contributed by atoms with Gasteiger partial charge in [0.1, 0.15) is 5.60 Å². The van der Waals surface area contributed by atoms with E-state index in [1.54, 1.807) is 4.90 Å². The average Bonchev–Trinajstić information content (AvgIpc) is 3.25. The molecule has 170 valence electrons. The van der Waals surface area contributed by atoms with Crippen molar-refractivity contribution in [1.82, 2.24) is 4.90 Å². The molecule has 0 aliphatic carbocycles. The Balaban J connectivity index is 1.71. The van der Waals surface area contributed by atoms with Gasteiger partial charge in [0.05, 0.1) is 17.9 Å². The van der Waals surface area contributed by atoms with Gasteiger partial charge in [-0.05, 0) is 60.9 Å². The number of hydrogen-bond acceptors (Lipinski definition) is 3. The van der Waals surface area contributed by atoms with Crippen LogP contribution in [0.5, 0.6) is 0 Å². The van der Waals surface area contributed by atoms with Gasteiger partial charge in [0.2, 0.25) is 0 Å². The molecular formula is C30H28N2O2. The molecule has 1 heterocycles. The fraction of sp³-hybridized carbons (Fsp3) is 0.200. The third kappa shape index (κ3) is 4.44. The number of hydrogen-bond donors (Lipinski definition) is 0. The molecule has 4 heteroatoms. The Labute approximate surface area is 200 Å². The number of ether oxygens (including phenoxy) is 1. The molecule has 0 fully saturated rings. The lowest BCUT2D eigenvalue weighted by Crippen LogP contribution is -2.33. The Hall–Kier alpha value is -3.92. The third-order valence-electron chi connectivity index (χ3n) is 5.89. The van der Waals surface area contributed by atoms with Crippen LogP contribution in [0.1, 0.15) is 43.0 Å². The van der Waals surface area contributed by atoms with Gasteiger partial charge < -0.3 is 4.74 Å². The molecule has 0 atom stereocenters. The van der Waals surface area contributed by atoms with Crippen LogP contribution in [0.4, 0.5) is 10.5 Å². The van der Waals surface area contributed by atoms with Crippen molar-refractivity contribution in [3.63, 3.8) is 0 Å². The van der Waals surface area contributed by atoms with E-state index >= 15 is 0 Å². The first-order valence-corrected chi connectivity index (χ1v) is 11.6. The maximum absolute atomic E-state index is 12.9. The molecule has 0 radical (unpaired) electrons. The number of fused-ring (bicyclic) bond motifs is 2. The van der Waals surface area contributed by atoms with Gasteiger partial charge in [-0.2, -0.15) is 0 Å². The maximum atomic E-state index is 12.9. The van der Waals surface area contributed by atoms with E-state index in [4.69, 9.17) is 9.73 Å². The molecule has 0 saturated heterocycles. The van der Waals surface area contributed by atoms with E-state index in [1.807, 2.05) is 69.3 Å². The minimum Gasteiger partial charge on any atom is -0.444 e. The Kier molecular flexibility index (Phi) is 5.66. The lowest BCUT2D eigenvalue weighted by Gasteiger charge is -2.24. The summed E-state index contributed by atoms with van der Waals surface area (Å²) >= 11 is 0. The van der Waals surface area contributed by atoms with Crippen LogP contribution < -0.4 is 0 Å². The zero-order valence-corrected chi connectivity index (χ0v) is 19.8. The van der Waals surface area contributed by atoms with E-state index in [-0.39, 0.29) is 6.09 Å². The average molecular weight is 449 g/mol. The van der Waals surface area contributed by atoms with Crippen molar-refractivity contribution >= 4 is 28.3 Å². The molecule has 0 unspecified atom stereocenters. The summed E-state index contributed by atoms with van der Waals surface area (Å²) < 4.78 is 5.69. The molecule has 4 aromatic rings. The molecule has 5 rings (SSSR count). The minimum absolute atomic E-state index is 0.292. The van der Waals surface area contributed by atoms with Crippen molar-refractivity contribution in [3.8, 4) is 0 Å². The second-order valence-electron chi connectivity index (χ2n) is 9.61. The van der Waals surface area contributed by atoms with Crippen LogP contribution in [-0.2, 0) is 17.8 Å². The third-order valence-corrected chi connectivity index (χ3v) is 5.89. The van der Waals surface area contributed by atoms with Crippen LogP contribution in [-0.4, -0.2) is 22.3 Å². The predicted octanol–water partition coefficient (Wildman–Crippen LogP) is 7.26. The standard InChI is InChI=1S/C30H28N2O2/c1-30(2,3)34-29(33)32-19-23-18-22-14-10-11-17-25(22)27(26(23)20-32)28(21-12-6-4-7-13-21)31-24-15-8-5-9-16-24/h4-18H,19-20H2,1-3H3. The molecule has 0 spiro atoms. The number of nitrogens with zero attached hydrogens (tertiary/aromatic N) is 2. The van der Waals surface area contributed by atoms with Crippen molar-refractivity contribution in [2.75, 3.05) is 0 Å². The Morgan fingerprint density at radius 1 is 0.853 bits per heavy atom. The highest BCUT2D eigenvalue weighted by Gasteiger charge is 2.31. The molecular weight excluding hydrogens is 420 g/mol. The largest absolute Gasteiger partial charge is 0.444 e. The summed E-state index contributed by atoms with van der Waals surface area (Å²) in [7, 11) is 0. The summed E-state index contributed by atoms with van der Waals surface area (Å²) in [6.07, 6.45) is -0.292. The molecule has 0 bridgehead atoms. The van der Waals surface area contributed by atoms with Crippen LogP contribution in [0.3, 0.4) is 0 Å². The van der Waals surface area contributed by atoms with Crippen molar-refractivity contribution in [3.05, 3.63) is 113 Å². The van der Waals surface area contributed by atoms with Gasteiger partial charge in [0, 0.05) is 17.7 Å². The number of carbonyl (C=O) groups is 1. The Bertz CT molecular complexity index is 1370. The highest BCUT2D eigenvalue weighted by atomic mass is 16.6. The van der Waals surface area contributed by atoms with Gasteiger partial charge >= 0.3 is 6.09 Å². The maximum Gasteiger partial charge on any atom is 0.410 e. The van der Waals surface area contributed by atoms with Crippen LogP contribution in [0, 0.1) is 0 Å². The van der Waals surface area contributed by atoms with Crippen LogP contribution in [0.2, 0.25) is 0 Å². The smallest absolute Gasteiger partial charge is 0.410 e. The minimum atomic E-state index is -0.538. The molecule has 4 nitrogen and oxygen atoms in total. The summed E-state index contributed by atoms with van der Waals surface area (Å²) in [6, 6.07) is 30.9. The predicted molar refractivity (Wildman–Crippen MR) is 138 cm³/mol. The first-order valence-electron chi connectivity index (χ1n) is 11.6. The van der Waals surface area contributed by atoms with Gasteiger partial charge in [0.15, 0.2) is 0 Å². The molecule has 1 aliphatic heterocycles. The zero-order valence-electron chi connectivity index (χ0n) is 19.8. The van der Waals surface area contributed by atoms with E-state index in [2.05, 4.69) is 42.5 Å². The van der Waals surface area contributed by atoms with E-state index in [9.17, 15) is 4.79 Å². The van der Waals surface area contributed by atoms with Crippen molar-refractivity contribution in [2.24, 2.45) is 4.99 Å². The monoisotopic (exact) mass is 448 g/mol. The van der Waals surface area contributed by atoms with Gasteiger partial charge in [-0.25, -0.2) is 9.79 Å². The highest BCUT2D eigenvalue weighted by molar-refractivity contribution is 6.21. The Morgan fingerprint density at radius 3 is 2.21 bits per heavy atom. The van der Waals surface area contributed by atoms with Crippen LogP contribution in [0.15, 0.2) is 96.0 Å². The lowest BCUT2D eigenvalue weighted by molar-refractivity contribution is 0.0242. The zero-order chi connectivity index (χ0) is 23.7. The van der Waals surface area contributed by atoms with Crippen LogP contribution in [0.25, 0.3) is 10.8 Å². The summed E-state index contributed by atoms with van der Waals surface area (Å²) in [5, 5.41) is 2.27. The van der Waals surface area contributed by atoms with E-state index < -0.39 is 5.60 Å². The molecule has 1 amide bonds. The summed E-state index contributed by atoms with van der Waals surface area (Å²) in [4.78, 5) is 19.9. The number of carbonyl (C=O) groups excluding carboxylic acids is 1. The van der Waals surface area contributed by atoms with Gasteiger partial charge in [-0.1, -0.05) is 72.8 Å². The highest BCUT2D eigenvalue weighted by Crippen LogP contribution is 2.35. The fourth-order valence-corrected chi connectivity index (χ4v) is 4.44. The van der Waals surface area contributed by atoms with Crippen molar-refractivity contribution in [2.45, 2.75) is 39.5 Å². The van der Waals surface area contributed by atoms with Crippen molar-refractivity contribution in [1.29, 1.82) is 0 Å². The number of rotatable bonds is 3. The quantitative estimate of drug-likeness (QED) is 0.310. The molecule has 0 N–H and O–H groups in total. The van der Waals surface area contributed by atoms with Crippen molar-refractivity contribution < 1.29 is 9.53 Å². The van der Waals surface area contributed by atoms with E-state index in [1.165, 1.54) is 0 Å². The van der Waals surface area contributed by atoms with Gasteiger partial charge in [-0.15, -0.1) is 0 Å². The summed E-state index contributed by atoms with van der Waals surface area (Å²) in [6.45, 7) is 6.70. The molecule has 4 aromatic carbocycles. The molecule has 0 saturated carbocycles. The van der Waals surface area contributed by atoms with Crippen LogP contribution >= 0.6 is 0 Å². The normalized spacial score (nSPS) is 13.7. The second kappa shape index (κ2) is 8.79. The fourth-order valence-electron chi connectivity index (χ4n) is 4.44. The number of benzene rings is 4. The second-order valence-corrected chi connectivity index (χ2v) is 9.61. The van der Waals surface area contributed by atoms with Gasteiger partial charge in [0.25, 0.3) is 0 Å². The summed E-state index contributed by atoms with van der Waals surface area (Å²) in [5.74, 6) is 0. The summed E-state index contributed by atoms with van der Waals surface area (Å²) in [5.41, 5.74) is 5.65. The topological polar surface area (TPSA) is 41.9 Å². The SMILES string of the molecule is CC(C)(C)OC(=O)N1Cc2cc3ccccc3c(C(=Nc3ccccc3)c3ccccc3)c2C1. The molecule has 0 aromatic heterocycles. The number of para-hydroxylation sites is 1. The molecule has 1 aliphatic rings. The van der Waals surface area contributed by atoms with E-state index in [0.29, 0.717) is 13.1 Å². The lowest BCUT2D eigenvalue weighted by atomic mass is 9.89. The number of aliphatic imine (C=N–C) groups is 1. The molecule has 34 heavy (non-hydrogen) atoms. The first kappa shape index (κ1) is 21.9. The number of amides is 1.